The lowest BCUT2D eigenvalue weighted by atomic mass is 9.65. The maximum Gasteiger partial charge on any atom is 0.337 e. The molecule has 0 unspecified atom stereocenters. The van der Waals surface area contributed by atoms with Gasteiger partial charge in [0.2, 0.25) is 0 Å². The first-order valence-corrected chi connectivity index (χ1v) is 10.4. The van der Waals surface area contributed by atoms with Gasteiger partial charge in [-0.05, 0) is 24.8 Å². The Morgan fingerprint density at radius 1 is 1.16 bits per heavy atom. The number of nitrogens with zero attached hydrogens (tertiary/aromatic N) is 4. The van der Waals surface area contributed by atoms with Gasteiger partial charge in [0.05, 0.1) is 27.9 Å². The number of carboxylic acid groups (broad SMARTS) is 2. The normalized spacial score (nSPS) is 22.0. The predicted molar refractivity (Wildman–Crippen MR) is 116 cm³/mol. The van der Waals surface area contributed by atoms with Gasteiger partial charge < -0.3 is 19.8 Å². The zero-order chi connectivity index (χ0) is 22.1. The van der Waals surface area contributed by atoms with Crippen molar-refractivity contribution >= 4 is 45.6 Å². The number of halogens is 1. The Morgan fingerprint density at radius 2 is 1.97 bits per heavy atom. The van der Waals surface area contributed by atoms with Gasteiger partial charge >= 0.3 is 11.9 Å². The summed E-state index contributed by atoms with van der Waals surface area (Å²) in [7, 11) is 0. The molecule has 0 aromatic carbocycles. The molecule has 3 aliphatic rings. The molecule has 0 amide bonds. The van der Waals surface area contributed by atoms with Crippen LogP contribution in [0.3, 0.4) is 0 Å². The molecule has 0 spiro atoms. The Hall–Kier alpha value is -3.72. The third-order valence-corrected chi connectivity index (χ3v) is 6.67. The summed E-state index contributed by atoms with van der Waals surface area (Å²) in [5.41, 5.74) is 2.89. The predicted octanol–water partition coefficient (Wildman–Crippen LogP) is 3.92. The van der Waals surface area contributed by atoms with Crippen molar-refractivity contribution in [3.63, 3.8) is 0 Å². The van der Waals surface area contributed by atoms with Gasteiger partial charge in [0.25, 0.3) is 0 Å². The molecule has 0 radical (unpaired) electrons. The lowest BCUT2D eigenvalue weighted by Gasteiger charge is -2.44. The van der Waals surface area contributed by atoms with E-state index in [1.807, 2.05) is 0 Å². The molecular weight excluding hydrogens is 434 g/mol. The number of carbonyl (C=O) groups is 2. The largest absolute Gasteiger partial charge is 0.481 e. The minimum Gasteiger partial charge on any atom is -0.481 e. The van der Waals surface area contributed by atoms with Gasteiger partial charge in [0, 0.05) is 35.7 Å². The van der Waals surface area contributed by atoms with Gasteiger partial charge in [-0.25, -0.2) is 19.7 Å². The van der Waals surface area contributed by atoms with Gasteiger partial charge in [-0.1, -0.05) is 23.3 Å². The van der Waals surface area contributed by atoms with E-state index in [2.05, 4.69) is 15.0 Å². The molecule has 3 N–H and O–H groups in total. The number of aromatic nitrogens is 5. The first-order valence-electron chi connectivity index (χ1n) is 10.1. The van der Waals surface area contributed by atoms with E-state index in [1.54, 1.807) is 22.9 Å². The second kappa shape index (κ2) is 6.64. The summed E-state index contributed by atoms with van der Waals surface area (Å²) in [5, 5.41) is 21.1. The highest BCUT2D eigenvalue weighted by molar-refractivity contribution is 6.31. The molecule has 10 heteroatoms. The summed E-state index contributed by atoms with van der Waals surface area (Å²) in [6.07, 6.45) is 9.68. The molecule has 1 fully saturated rings. The van der Waals surface area contributed by atoms with Crippen LogP contribution in [-0.2, 0) is 4.79 Å². The van der Waals surface area contributed by atoms with Crippen LogP contribution in [0.25, 0.3) is 33.5 Å². The number of allylic oxidation sites excluding steroid dienone is 1. The van der Waals surface area contributed by atoms with Crippen LogP contribution in [0.4, 0.5) is 0 Å². The van der Waals surface area contributed by atoms with E-state index in [0.29, 0.717) is 33.1 Å². The summed E-state index contributed by atoms with van der Waals surface area (Å²) in [6, 6.07) is 1.34. The third-order valence-electron chi connectivity index (χ3n) is 6.46. The van der Waals surface area contributed by atoms with Crippen molar-refractivity contribution in [2.75, 3.05) is 0 Å². The molecule has 4 aromatic heterocycles. The number of carboxylic acids is 2. The van der Waals surface area contributed by atoms with E-state index in [1.165, 1.54) is 18.6 Å². The summed E-state index contributed by atoms with van der Waals surface area (Å²) in [5.74, 6) is -2.27. The van der Waals surface area contributed by atoms with Gasteiger partial charge in [-0.2, -0.15) is 0 Å². The molecule has 4 heterocycles. The van der Waals surface area contributed by atoms with Crippen LogP contribution in [0.1, 0.15) is 29.2 Å². The highest BCUT2D eigenvalue weighted by atomic mass is 35.5. The molecule has 0 saturated heterocycles. The lowest BCUT2D eigenvalue weighted by molar-refractivity contribution is -0.142. The Kier molecular flexibility index (Phi) is 3.94. The second-order valence-corrected chi connectivity index (χ2v) is 8.72. The number of rotatable bonds is 4. The van der Waals surface area contributed by atoms with Crippen molar-refractivity contribution in [3.8, 4) is 11.4 Å². The SMILES string of the molecule is O=C(O)c1cn([C@H]2C3CC(=C[C@@H]2C(=O)O)C3)c2nc(-c3c[nH]c4ncc(Cl)cc34)ncc12. The van der Waals surface area contributed by atoms with E-state index in [-0.39, 0.29) is 11.5 Å². The summed E-state index contributed by atoms with van der Waals surface area (Å²) < 4.78 is 1.72. The van der Waals surface area contributed by atoms with Crippen molar-refractivity contribution in [2.45, 2.75) is 18.9 Å². The molecule has 160 valence electrons. The standard InChI is InChI=1S/C22H16ClN5O4/c23-11-4-12-14(6-25-18(12)24-5-11)19-26-7-15-16(22(31)32)8-28(20(15)27-19)17-10-1-9(2-10)3-13(17)21(29)30/h3-8,10,13,17H,1-2H2,(H,24,25)(H,29,30)(H,31,32)/t13-,17-/m0/s1. The molecule has 9 nitrogen and oxygen atoms in total. The van der Waals surface area contributed by atoms with Crippen LogP contribution in [-0.4, -0.2) is 46.7 Å². The number of hydrogen-bond acceptors (Lipinski definition) is 5. The van der Waals surface area contributed by atoms with E-state index in [4.69, 9.17) is 16.6 Å². The van der Waals surface area contributed by atoms with Crippen LogP contribution < -0.4 is 0 Å². The monoisotopic (exact) mass is 449 g/mol. The van der Waals surface area contributed by atoms with Crippen molar-refractivity contribution in [2.24, 2.45) is 11.8 Å². The highest BCUT2D eigenvalue weighted by Gasteiger charge is 2.45. The van der Waals surface area contributed by atoms with Crippen molar-refractivity contribution in [3.05, 3.63) is 53.1 Å². The molecule has 4 aromatic rings. The number of aliphatic carboxylic acids is 1. The average Bonchev–Trinajstić information content (AvgIpc) is 3.33. The van der Waals surface area contributed by atoms with E-state index < -0.39 is 23.9 Å². The van der Waals surface area contributed by atoms with Gasteiger partial charge in [0.15, 0.2) is 5.82 Å². The number of nitrogens with one attached hydrogen (secondary N) is 1. The Morgan fingerprint density at radius 3 is 2.72 bits per heavy atom. The van der Waals surface area contributed by atoms with Crippen LogP contribution in [0.2, 0.25) is 5.02 Å². The minimum absolute atomic E-state index is 0.0495. The third kappa shape index (κ3) is 2.67. The summed E-state index contributed by atoms with van der Waals surface area (Å²) in [6.45, 7) is 0. The van der Waals surface area contributed by atoms with Crippen LogP contribution in [0.5, 0.6) is 0 Å². The fraction of sp³-hybridized carbons (Fsp3) is 0.227. The molecule has 1 saturated carbocycles. The first-order chi connectivity index (χ1) is 15.4. The van der Waals surface area contributed by atoms with Gasteiger partial charge in [-0.3, -0.25) is 4.79 Å². The van der Waals surface area contributed by atoms with Crippen LogP contribution in [0.15, 0.2) is 42.5 Å². The fourth-order valence-electron chi connectivity index (χ4n) is 4.97. The van der Waals surface area contributed by atoms with E-state index in [0.717, 1.165) is 23.8 Å². The van der Waals surface area contributed by atoms with E-state index >= 15 is 0 Å². The maximum absolute atomic E-state index is 12.0. The maximum atomic E-state index is 12.0. The number of hydrogen-bond donors (Lipinski definition) is 3. The molecule has 3 aliphatic carbocycles. The summed E-state index contributed by atoms with van der Waals surface area (Å²) >= 11 is 6.11. The zero-order valence-electron chi connectivity index (χ0n) is 16.5. The molecule has 2 bridgehead atoms. The molecule has 2 atom stereocenters. The number of H-pyrrole nitrogens is 1. The Bertz CT molecular complexity index is 1480. The first kappa shape index (κ1) is 19.0. The lowest BCUT2D eigenvalue weighted by Crippen LogP contribution is -2.39. The van der Waals surface area contributed by atoms with Crippen molar-refractivity contribution < 1.29 is 19.8 Å². The molecular formula is C22H16ClN5O4. The van der Waals surface area contributed by atoms with Gasteiger partial charge in [0.1, 0.15) is 11.3 Å². The number of aromatic carboxylic acids is 1. The quantitative estimate of drug-likeness (QED) is 0.402. The smallest absolute Gasteiger partial charge is 0.337 e. The summed E-state index contributed by atoms with van der Waals surface area (Å²) in [4.78, 5) is 40.3. The van der Waals surface area contributed by atoms with E-state index in [9.17, 15) is 19.8 Å². The average molecular weight is 450 g/mol. The molecule has 32 heavy (non-hydrogen) atoms. The zero-order valence-corrected chi connectivity index (χ0v) is 17.2. The van der Waals surface area contributed by atoms with Gasteiger partial charge in [-0.15, -0.1) is 0 Å². The Balaban J connectivity index is 1.57. The number of pyridine rings is 1. The van der Waals surface area contributed by atoms with Crippen molar-refractivity contribution in [1.82, 2.24) is 24.5 Å². The topological polar surface area (TPSA) is 134 Å². The second-order valence-electron chi connectivity index (χ2n) is 8.29. The van der Waals surface area contributed by atoms with Crippen LogP contribution >= 0.6 is 11.6 Å². The Labute approximate surface area is 185 Å². The molecule has 0 aliphatic heterocycles. The number of aromatic amines is 1. The van der Waals surface area contributed by atoms with Crippen molar-refractivity contribution in [1.29, 1.82) is 0 Å². The highest BCUT2D eigenvalue weighted by Crippen LogP contribution is 2.51. The molecule has 7 rings (SSSR count). The van der Waals surface area contributed by atoms with Crippen LogP contribution in [0, 0.1) is 11.8 Å². The fourth-order valence-corrected chi connectivity index (χ4v) is 5.13. The number of fused-ring (bicyclic) bond motifs is 4. The minimum atomic E-state index is -1.11.